The highest BCUT2D eigenvalue weighted by atomic mass is 35.5. The minimum atomic E-state index is -1.05. The molecule has 6 aromatic carbocycles. The van der Waals surface area contributed by atoms with Crippen LogP contribution in [0.1, 0.15) is 163 Å². The van der Waals surface area contributed by atoms with Crippen LogP contribution in [0, 0.1) is 30.2 Å². The summed E-state index contributed by atoms with van der Waals surface area (Å²) in [4.78, 5) is 122. The molecular formula is C83H86ClF4N9O12. The highest BCUT2D eigenvalue weighted by Crippen LogP contribution is 2.30. The minimum Gasteiger partial charge on any atom is -0.481 e. The van der Waals surface area contributed by atoms with E-state index in [4.69, 9.17) is 26.2 Å². The summed E-state index contributed by atoms with van der Waals surface area (Å²) in [6, 6.07) is 37.9. The number of aliphatic carboxylic acids is 1. The minimum absolute atomic E-state index is 0.000957. The number of pyridine rings is 3. The SMILES string of the molecule is CCCC(=O)Cc1cc(Nc2ccc(Cl)cc2F)c(C(=O)Nc2ccc(CCC(=O)OCC)cc2)cn1.CCCC(=O)Cc1cc(Nc2ccc(F)c(C)c2)c(C(=O)Nc2ccc(CCC(=O)OCC)cc2)cn1.CCCC(=O)Cc1cc(Nc2ccc(F)c(F)c2)c(C(=O)Nc2ccc(CCC(=O)O)cc2)cn1. The molecule has 0 spiro atoms. The van der Waals surface area contributed by atoms with Crippen LogP contribution in [0.5, 0.6) is 0 Å². The number of amides is 3. The monoisotopic (exact) mass is 1510 g/mol. The fourth-order valence-corrected chi connectivity index (χ4v) is 10.9. The van der Waals surface area contributed by atoms with Gasteiger partial charge in [-0.1, -0.05) is 68.8 Å². The number of anilines is 9. The number of nitrogens with one attached hydrogen (secondary N) is 6. The van der Waals surface area contributed by atoms with Gasteiger partial charge in [-0.15, -0.1) is 0 Å². The Morgan fingerprint density at radius 3 is 1.09 bits per heavy atom. The number of ether oxygens (including phenoxy) is 2. The second-order valence-corrected chi connectivity index (χ2v) is 25.5. The normalized spacial score (nSPS) is 10.6. The number of carboxylic acid groups (broad SMARTS) is 1. The van der Waals surface area contributed by atoms with E-state index in [0.717, 1.165) is 41.7 Å². The van der Waals surface area contributed by atoms with Gasteiger partial charge in [0.1, 0.15) is 29.0 Å². The van der Waals surface area contributed by atoms with Crippen LogP contribution in [-0.4, -0.2) is 86.3 Å². The maximum Gasteiger partial charge on any atom is 0.306 e. The molecule has 26 heteroatoms. The average Bonchev–Trinajstić information content (AvgIpc) is 0.828. The Balaban J connectivity index is 0.000000228. The molecule has 0 aliphatic heterocycles. The predicted molar refractivity (Wildman–Crippen MR) is 411 cm³/mol. The van der Waals surface area contributed by atoms with E-state index >= 15 is 0 Å². The third-order valence-corrected chi connectivity index (χ3v) is 16.5. The Hall–Kier alpha value is -12.0. The lowest BCUT2D eigenvalue weighted by molar-refractivity contribution is -0.144. The van der Waals surface area contributed by atoms with Crippen LogP contribution in [0.4, 0.5) is 68.7 Å². The zero-order valence-corrected chi connectivity index (χ0v) is 62.0. The molecule has 0 radical (unpaired) electrons. The van der Waals surface area contributed by atoms with Crippen LogP contribution in [0.2, 0.25) is 5.02 Å². The molecule has 7 N–H and O–H groups in total. The molecule has 0 aliphatic carbocycles. The van der Waals surface area contributed by atoms with Gasteiger partial charge in [-0.2, -0.15) is 0 Å². The van der Waals surface area contributed by atoms with E-state index < -0.39 is 35.2 Å². The zero-order chi connectivity index (χ0) is 78.9. The van der Waals surface area contributed by atoms with Crippen LogP contribution in [-0.2, 0) is 76.8 Å². The summed E-state index contributed by atoms with van der Waals surface area (Å²) in [5, 5.41) is 26.5. The number of hydrogen-bond donors (Lipinski definition) is 7. The lowest BCUT2D eigenvalue weighted by Crippen LogP contribution is -2.16. The Kier molecular flexibility index (Phi) is 33.2. The molecule has 0 saturated heterocycles. The number of hydrogen-bond acceptors (Lipinski definition) is 17. The fraction of sp³-hybridized carbons (Fsp3) is 0.277. The molecule has 0 atom stereocenters. The molecule has 3 amide bonds. The van der Waals surface area contributed by atoms with E-state index in [9.17, 15) is 60.7 Å². The summed E-state index contributed by atoms with van der Waals surface area (Å²) >= 11 is 5.86. The summed E-state index contributed by atoms with van der Waals surface area (Å²) in [6.45, 7) is 11.6. The Morgan fingerprint density at radius 2 is 0.743 bits per heavy atom. The summed E-state index contributed by atoms with van der Waals surface area (Å²) in [5.74, 6) is -5.62. The van der Waals surface area contributed by atoms with Crippen LogP contribution in [0.25, 0.3) is 0 Å². The molecule has 3 heterocycles. The maximum absolute atomic E-state index is 14.5. The zero-order valence-electron chi connectivity index (χ0n) is 61.3. The van der Waals surface area contributed by atoms with Crippen molar-refractivity contribution in [2.45, 2.75) is 138 Å². The fourth-order valence-electron chi connectivity index (χ4n) is 10.8. The van der Waals surface area contributed by atoms with Crippen LogP contribution >= 0.6 is 11.6 Å². The number of esters is 2. The number of ketones is 3. The van der Waals surface area contributed by atoms with Gasteiger partial charge in [0.15, 0.2) is 11.6 Å². The van der Waals surface area contributed by atoms with E-state index in [2.05, 4.69) is 46.9 Å². The predicted octanol–water partition coefficient (Wildman–Crippen LogP) is 17.5. The number of Topliss-reactive ketones (excluding diaryl/α,β-unsaturated/α-hetero) is 3. The molecule has 9 aromatic rings. The van der Waals surface area contributed by atoms with Crippen LogP contribution in [0.3, 0.4) is 0 Å². The number of carbonyl (C=O) groups is 9. The smallest absolute Gasteiger partial charge is 0.306 e. The molecule has 0 unspecified atom stereocenters. The van der Waals surface area contributed by atoms with Crippen molar-refractivity contribution >= 4 is 116 Å². The van der Waals surface area contributed by atoms with Crippen molar-refractivity contribution in [2.24, 2.45) is 0 Å². The van der Waals surface area contributed by atoms with E-state index in [1.165, 1.54) is 48.9 Å². The highest BCUT2D eigenvalue weighted by molar-refractivity contribution is 6.30. The van der Waals surface area contributed by atoms with Crippen molar-refractivity contribution in [1.82, 2.24) is 15.0 Å². The first-order chi connectivity index (χ1) is 52.3. The van der Waals surface area contributed by atoms with E-state index in [1.54, 1.807) is 99.6 Å². The number of nitrogens with zero attached hydrogens (tertiary/aromatic N) is 3. The maximum atomic E-state index is 14.5. The lowest BCUT2D eigenvalue weighted by Gasteiger charge is -2.14. The van der Waals surface area contributed by atoms with Gasteiger partial charge in [-0.25, -0.2) is 17.6 Å². The first kappa shape index (κ1) is 84.3. The van der Waals surface area contributed by atoms with E-state index in [0.29, 0.717) is 115 Å². The number of benzene rings is 6. The second kappa shape index (κ2) is 43.0. The number of carbonyl (C=O) groups excluding carboxylic acids is 8. The summed E-state index contributed by atoms with van der Waals surface area (Å²) in [6.07, 6.45) is 9.96. The molecule has 109 heavy (non-hydrogen) atoms. The number of halogens is 5. The van der Waals surface area contributed by atoms with E-state index in [1.807, 2.05) is 45.0 Å². The molecule has 0 fully saturated rings. The number of rotatable bonds is 35. The molecule has 0 bridgehead atoms. The van der Waals surface area contributed by atoms with Crippen molar-refractivity contribution in [1.29, 1.82) is 0 Å². The van der Waals surface area contributed by atoms with Crippen LogP contribution in [0.15, 0.2) is 164 Å². The summed E-state index contributed by atoms with van der Waals surface area (Å²) in [7, 11) is 0. The lowest BCUT2D eigenvalue weighted by atomic mass is 10.1. The van der Waals surface area contributed by atoms with Crippen molar-refractivity contribution < 1.29 is 75.3 Å². The third kappa shape index (κ3) is 28.0. The molecule has 0 aliphatic rings. The van der Waals surface area contributed by atoms with Gasteiger partial charge in [0.2, 0.25) is 0 Å². The number of aromatic nitrogens is 3. The largest absolute Gasteiger partial charge is 0.481 e. The van der Waals surface area contributed by atoms with Crippen LogP contribution < -0.4 is 31.9 Å². The van der Waals surface area contributed by atoms with Gasteiger partial charge < -0.3 is 46.5 Å². The summed E-state index contributed by atoms with van der Waals surface area (Å²) < 4.78 is 65.2. The van der Waals surface area contributed by atoms with Crippen molar-refractivity contribution in [3.63, 3.8) is 0 Å². The van der Waals surface area contributed by atoms with Gasteiger partial charge in [0.25, 0.3) is 17.7 Å². The van der Waals surface area contributed by atoms with Crippen molar-refractivity contribution in [3.05, 3.63) is 249 Å². The van der Waals surface area contributed by atoms with Gasteiger partial charge >= 0.3 is 17.9 Å². The van der Waals surface area contributed by atoms with Gasteiger partial charge in [-0.05, 0) is 185 Å². The standard InChI is InChI=1S/C29H32FN3O4.C28H29ClFN3O4.C26H25F2N3O4/c1-4-6-24(34)16-23-17-27(32-22-12-13-26(30)19(3)15-22)25(18-31-23)29(36)33-21-10-7-20(8-11-21)9-14-28(35)37-5-2;1-3-5-22(34)15-21-16-26(33-25-12-9-19(29)14-24(25)30)23(17-31-21)28(36)32-20-10-6-18(7-11-20)8-13-27(35)37-4-2;1-2-3-20(32)12-19-14-24(30-18-9-10-22(27)23(28)13-18)21(15-29-19)26(35)31-17-7-4-16(5-8-17)6-11-25(33)34/h7-8,10-13,15,17-18H,4-6,9,14,16H2,1-3H3,(H,31,32)(H,33,36);6-7,9-12,14,16-17H,3-5,8,13,15H2,1-2H3,(H,31,33)(H,32,36);4-5,7-10,13-15H,2-3,6,11-12H2,1H3,(H,29,30)(H,31,35)(H,33,34). The Bertz CT molecular complexity index is 4680. The van der Waals surface area contributed by atoms with Crippen molar-refractivity contribution in [2.75, 3.05) is 45.1 Å². The summed E-state index contributed by atoms with van der Waals surface area (Å²) in [5.41, 5.74) is 8.79. The molecular weight excluding hydrogens is 1430 g/mol. The number of carboxylic acids is 1. The average molecular weight is 1510 g/mol. The topological polar surface area (TPSA) is 303 Å². The highest BCUT2D eigenvalue weighted by Gasteiger charge is 2.21. The van der Waals surface area contributed by atoms with Crippen molar-refractivity contribution in [3.8, 4) is 0 Å². The van der Waals surface area contributed by atoms with E-state index in [-0.39, 0.29) is 118 Å². The van der Waals surface area contributed by atoms with Gasteiger partial charge in [-0.3, -0.25) is 58.1 Å². The molecule has 3 aromatic heterocycles. The first-order valence-electron chi connectivity index (χ1n) is 35.6. The Morgan fingerprint density at radius 1 is 0.385 bits per heavy atom. The quantitative estimate of drug-likeness (QED) is 0.0143. The Labute approximate surface area is 634 Å². The molecule has 9 rings (SSSR count). The second-order valence-electron chi connectivity index (χ2n) is 25.1. The third-order valence-electron chi connectivity index (χ3n) is 16.3. The van der Waals surface area contributed by atoms with Gasteiger partial charge in [0, 0.05) is 133 Å². The first-order valence-corrected chi connectivity index (χ1v) is 35.9. The molecule has 570 valence electrons. The molecule has 21 nitrogen and oxygen atoms in total. The number of aryl methyl sites for hydroxylation is 4. The molecule has 0 saturated carbocycles. The van der Waals surface area contributed by atoms with Gasteiger partial charge in [0.05, 0.1) is 52.7 Å².